The molecule has 0 spiro atoms. The number of carboxylic acid groups (broad SMARTS) is 1. The highest BCUT2D eigenvalue weighted by atomic mass is 16.6. The molecule has 0 aliphatic carbocycles. The van der Waals surface area contributed by atoms with Gasteiger partial charge in [-0.1, -0.05) is 18.2 Å². The number of carbonyl (C=O) groups excluding carboxylic acids is 1. The fourth-order valence-electron chi connectivity index (χ4n) is 2.88. The fourth-order valence-corrected chi connectivity index (χ4v) is 2.88. The van der Waals surface area contributed by atoms with Gasteiger partial charge in [0.15, 0.2) is 0 Å². The Bertz CT molecular complexity index is 923. The smallest absolute Gasteiger partial charge is 0.410 e. The molecule has 1 aromatic carbocycles. The van der Waals surface area contributed by atoms with E-state index in [-0.39, 0.29) is 18.0 Å². The maximum Gasteiger partial charge on any atom is 0.410 e. The van der Waals surface area contributed by atoms with E-state index < -0.39 is 17.7 Å². The van der Waals surface area contributed by atoms with E-state index in [0.29, 0.717) is 29.6 Å². The summed E-state index contributed by atoms with van der Waals surface area (Å²) in [6.45, 7) is 5.96. The number of nitrogens with zero attached hydrogens (tertiary/aromatic N) is 3. The van der Waals surface area contributed by atoms with Crippen LogP contribution in [0.1, 0.15) is 32.5 Å². The van der Waals surface area contributed by atoms with Gasteiger partial charge in [0.25, 0.3) is 5.56 Å². The molecule has 26 heavy (non-hydrogen) atoms. The molecule has 0 bridgehead atoms. The molecule has 1 fully saturated rings. The van der Waals surface area contributed by atoms with Crippen LogP contribution >= 0.6 is 0 Å². The summed E-state index contributed by atoms with van der Waals surface area (Å²) in [6, 6.07) is 6.53. The van der Waals surface area contributed by atoms with Crippen LogP contribution in [0.3, 0.4) is 0 Å². The number of benzene rings is 1. The van der Waals surface area contributed by atoms with Crippen molar-refractivity contribution < 1.29 is 19.4 Å². The van der Waals surface area contributed by atoms with Crippen LogP contribution in [0.2, 0.25) is 0 Å². The largest absolute Gasteiger partial charge is 0.481 e. The van der Waals surface area contributed by atoms with Crippen molar-refractivity contribution in [3.8, 4) is 0 Å². The molecular formula is C18H21N3O5. The van der Waals surface area contributed by atoms with E-state index in [1.807, 2.05) is 0 Å². The quantitative estimate of drug-likeness (QED) is 0.897. The summed E-state index contributed by atoms with van der Waals surface area (Å²) in [5.41, 5.74) is -0.540. The van der Waals surface area contributed by atoms with Crippen LogP contribution in [0.5, 0.6) is 0 Å². The minimum atomic E-state index is -1.02. The van der Waals surface area contributed by atoms with Crippen LogP contribution in [0, 0.1) is 0 Å². The molecule has 2 aromatic rings. The number of rotatable bonds is 3. The standard InChI is InChI=1S/C18H21N3O5/c1-18(2,3)26-17(25)20-9-11(10-20)21-16(24)13-7-5-4-6-12(13)14(19-21)8-15(22)23/h4-7,11H,8-10H2,1-3H3,(H,22,23). The van der Waals surface area contributed by atoms with Gasteiger partial charge in [-0.25, -0.2) is 9.48 Å². The topological polar surface area (TPSA) is 102 Å². The average Bonchev–Trinajstić information content (AvgIpc) is 2.48. The molecule has 1 saturated heterocycles. The Kier molecular flexibility index (Phi) is 4.43. The lowest BCUT2D eigenvalue weighted by Crippen LogP contribution is -2.54. The van der Waals surface area contributed by atoms with Crippen molar-refractivity contribution in [2.45, 2.75) is 38.8 Å². The first-order chi connectivity index (χ1) is 12.2. The Labute approximate surface area is 150 Å². The second kappa shape index (κ2) is 6.44. The van der Waals surface area contributed by atoms with Gasteiger partial charge in [-0.15, -0.1) is 0 Å². The van der Waals surface area contributed by atoms with Crippen molar-refractivity contribution in [2.75, 3.05) is 13.1 Å². The van der Waals surface area contributed by atoms with Crippen molar-refractivity contribution in [2.24, 2.45) is 0 Å². The number of carboxylic acids is 1. The molecule has 1 aromatic heterocycles. The minimum absolute atomic E-state index is 0.275. The van der Waals surface area contributed by atoms with Crippen molar-refractivity contribution in [3.05, 3.63) is 40.3 Å². The lowest BCUT2D eigenvalue weighted by atomic mass is 10.1. The summed E-state index contributed by atoms with van der Waals surface area (Å²) in [5, 5.41) is 14.4. The van der Waals surface area contributed by atoms with E-state index in [1.54, 1.807) is 45.0 Å². The molecule has 3 rings (SSSR count). The molecule has 1 aliphatic heterocycles. The first kappa shape index (κ1) is 17.9. The van der Waals surface area contributed by atoms with Crippen LogP contribution in [-0.4, -0.2) is 50.5 Å². The lowest BCUT2D eigenvalue weighted by molar-refractivity contribution is -0.136. The Morgan fingerprint density at radius 1 is 1.23 bits per heavy atom. The highest BCUT2D eigenvalue weighted by molar-refractivity contribution is 5.86. The Hall–Kier alpha value is -2.90. The van der Waals surface area contributed by atoms with E-state index >= 15 is 0 Å². The predicted octanol–water partition coefficient (Wildman–Crippen LogP) is 1.82. The van der Waals surface area contributed by atoms with Gasteiger partial charge in [-0.3, -0.25) is 9.59 Å². The highest BCUT2D eigenvalue weighted by Gasteiger charge is 2.36. The molecule has 8 heteroatoms. The third-order valence-electron chi connectivity index (χ3n) is 4.08. The Morgan fingerprint density at radius 3 is 2.42 bits per heavy atom. The maximum absolute atomic E-state index is 12.7. The molecule has 0 saturated carbocycles. The molecule has 2 heterocycles. The van der Waals surface area contributed by atoms with Crippen LogP contribution < -0.4 is 5.56 Å². The van der Waals surface area contributed by atoms with Crippen molar-refractivity contribution in [3.63, 3.8) is 0 Å². The number of fused-ring (bicyclic) bond motifs is 1. The molecular weight excluding hydrogens is 338 g/mol. The first-order valence-electron chi connectivity index (χ1n) is 8.36. The van der Waals surface area contributed by atoms with E-state index in [2.05, 4.69) is 5.10 Å². The number of hydrogen-bond donors (Lipinski definition) is 1. The molecule has 0 atom stereocenters. The van der Waals surface area contributed by atoms with Crippen molar-refractivity contribution in [1.29, 1.82) is 0 Å². The van der Waals surface area contributed by atoms with Gasteiger partial charge < -0.3 is 14.7 Å². The second-order valence-electron chi connectivity index (χ2n) is 7.35. The number of likely N-dealkylation sites (tertiary alicyclic amines) is 1. The van der Waals surface area contributed by atoms with Crippen molar-refractivity contribution >= 4 is 22.8 Å². The fraction of sp³-hybridized carbons (Fsp3) is 0.444. The van der Waals surface area contributed by atoms with Crippen LogP contribution in [0.15, 0.2) is 29.1 Å². The Morgan fingerprint density at radius 2 is 1.85 bits per heavy atom. The van der Waals surface area contributed by atoms with Gasteiger partial charge in [-0.2, -0.15) is 5.10 Å². The molecule has 1 N–H and O–H groups in total. The van der Waals surface area contributed by atoms with Crippen LogP contribution in [-0.2, 0) is 16.0 Å². The molecule has 1 amide bonds. The van der Waals surface area contributed by atoms with Gasteiger partial charge in [0.05, 0.1) is 23.5 Å². The number of aromatic nitrogens is 2. The van der Waals surface area contributed by atoms with Gasteiger partial charge >= 0.3 is 12.1 Å². The van der Waals surface area contributed by atoms with Crippen molar-refractivity contribution in [1.82, 2.24) is 14.7 Å². The average molecular weight is 359 g/mol. The zero-order valence-corrected chi connectivity index (χ0v) is 14.9. The number of amides is 1. The summed E-state index contributed by atoms with van der Waals surface area (Å²) < 4.78 is 6.60. The summed E-state index contributed by atoms with van der Waals surface area (Å²) >= 11 is 0. The number of ether oxygens (including phenoxy) is 1. The van der Waals surface area contributed by atoms with E-state index in [1.165, 1.54) is 9.58 Å². The SMILES string of the molecule is CC(C)(C)OC(=O)N1CC(n2nc(CC(=O)O)c3ccccc3c2=O)C1. The lowest BCUT2D eigenvalue weighted by Gasteiger charge is -2.39. The number of carbonyl (C=O) groups is 2. The van der Waals surface area contributed by atoms with Gasteiger partial charge in [0.1, 0.15) is 5.60 Å². The Balaban J connectivity index is 1.88. The van der Waals surface area contributed by atoms with E-state index in [9.17, 15) is 14.4 Å². The summed E-state index contributed by atoms with van der Waals surface area (Å²) in [7, 11) is 0. The summed E-state index contributed by atoms with van der Waals surface area (Å²) in [4.78, 5) is 37.4. The molecule has 138 valence electrons. The van der Waals surface area contributed by atoms with Gasteiger partial charge in [0.2, 0.25) is 0 Å². The molecule has 0 radical (unpaired) electrons. The highest BCUT2D eigenvalue weighted by Crippen LogP contribution is 2.23. The third kappa shape index (κ3) is 3.54. The zero-order chi connectivity index (χ0) is 19.1. The zero-order valence-electron chi connectivity index (χ0n) is 14.9. The van der Waals surface area contributed by atoms with E-state index in [4.69, 9.17) is 9.84 Å². The first-order valence-corrected chi connectivity index (χ1v) is 8.36. The van der Waals surface area contributed by atoms with Gasteiger partial charge in [0, 0.05) is 18.5 Å². The van der Waals surface area contributed by atoms with E-state index in [0.717, 1.165) is 0 Å². The molecule has 1 aliphatic rings. The maximum atomic E-state index is 12.7. The van der Waals surface area contributed by atoms with Crippen LogP contribution in [0.25, 0.3) is 10.8 Å². The minimum Gasteiger partial charge on any atom is -0.481 e. The number of aliphatic carboxylic acids is 1. The van der Waals surface area contributed by atoms with Gasteiger partial charge in [-0.05, 0) is 26.8 Å². The summed E-state index contributed by atoms with van der Waals surface area (Å²) in [6.07, 6.45) is -0.711. The van der Waals surface area contributed by atoms with Crippen LogP contribution in [0.4, 0.5) is 4.79 Å². The second-order valence-corrected chi connectivity index (χ2v) is 7.35. The summed E-state index contributed by atoms with van der Waals surface area (Å²) in [5.74, 6) is -1.02. The molecule has 8 nitrogen and oxygen atoms in total. The molecule has 0 unspecified atom stereocenters. The third-order valence-corrected chi connectivity index (χ3v) is 4.08. The number of hydrogen-bond acceptors (Lipinski definition) is 5. The normalized spacial score (nSPS) is 15.0. The monoisotopic (exact) mass is 359 g/mol. The predicted molar refractivity (Wildman–Crippen MR) is 94.2 cm³/mol.